The van der Waals surface area contributed by atoms with E-state index in [2.05, 4.69) is 21.4 Å². The molecular weight excluding hydrogens is 546 g/mol. The lowest BCUT2D eigenvalue weighted by Crippen LogP contribution is -2.54. The zero-order chi connectivity index (χ0) is 26.4. The second kappa shape index (κ2) is 12.1. The summed E-state index contributed by atoms with van der Waals surface area (Å²) in [7, 11) is 0. The summed E-state index contributed by atoms with van der Waals surface area (Å²) in [5.74, 6) is 0.939. The molecule has 2 heterocycles. The van der Waals surface area contributed by atoms with Gasteiger partial charge in [-0.1, -0.05) is 64.5 Å². The first-order valence-electron chi connectivity index (χ1n) is 13.0. The first-order chi connectivity index (χ1) is 18.6. The van der Waals surface area contributed by atoms with Crippen LogP contribution < -0.4 is 10.2 Å². The third-order valence-electron chi connectivity index (χ3n) is 6.90. The topological polar surface area (TPSA) is 83.4 Å². The number of carbonyl (C=O) groups is 1. The molecule has 0 spiro atoms. The van der Waals surface area contributed by atoms with Gasteiger partial charge in [-0.15, -0.1) is 0 Å². The van der Waals surface area contributed by atoms with Crippen molar-refractivity contribution in [3.8, 4) is 5.75 Å². The van der Waals surface area contributed by atoms with Crippen LogP contribution in [0.15, 0.2) is 88.3 Å². The maximum atomic E-state index is 14.2. The molecule has 198 valence electrons. The number of aliphatic imine (C=N–C) groups is 1. The summed E-state index contributed by atoms with van der Waals surface area (Å²) < 4.78 is 13.1. The summed E-state index contributed by atoms with van der Waals surface area (Å²) in [6.45, 7) is 2.17. The molecule has 2 N–H and O–H groups in total. The zero-order valence-electron chi connectivity index (χ0n) is 21.2. The number of nitrogens with zero attached hydrogens (tertiary/aromatic N) is 2. The van der Waals surface area contributed by atoms with Gasteiger partial charge in [0.05, 0.1) is 6.61 Å². The maximum Gasteiger partial charge on any atom is 0.266 e. The Labute approximate surface area is 231 Å². The number of hydrogen-bond donors (Lipinski definition) is 2. The molecule has 5 rings (SSSR count). The Morgan fingerprint density at radius 1 is 1.05 bits per heavy atom. The Morgan fingerprint density at radius 3 is 2.47 bits per heavy atom. The van der Waals surface area contributed by atoms with E-state index < -0.39 is 11.6 Å². The normalized spacial score (nSPS) is 21.1. The van der Waals surface area contributed by atoms with E-state index in [4.69, 9.17) is 19.6 Å². The van der Waals surface area contributed by atoms with Crippen molar-refractivity contribution in [2.45, 2.75) is 37.3 Å². The molecule has 2 aliphatic heterocycles. The molecule has 8 heteroatoms. The van der Waals surface area contributed by atoms with Gasteiger partial charge in [0.15, 0.2) is 11.6 Å². The van der Waals surface area contributed by atoms with E-state index >= 15 is 0 Å². The summed E-state index contributed by atoms with van der Waals surface area (Å²) in [5.41, 5.74) is 4.57. The molecule has 2 aliphatic rings. The van der Waals surface area contributed by atoms with E-state index in [0.29, 0.717) is 31.1 Å². The minimum Gasteiger partial charge on any atom is -0.494 e. The van der Waals surface area contributed by atoms with Crippen LogP contribution in [0.2, 0.25) is 0 Å². The van der Waals surface area contributed by atoms with Gasteiger partial charge >= 0.3 is 0 Å². The Bertz CT molecular complexity index is 1260. The Kier molecular flexibility index (Phi) is 8.42. The van der Waals surface area contributed by atoms with Crippen molar-refractivity contribution in [2.24, 2.45) is 4.99 Å². The van der Waals surface area contributed by atoms with Crippen LogP contribution in [0.25, 0.3) is 0 Å². The molecule has 0 bridgehead atoms. The first kappa shape index (κ1) is 26.4. The Balaban J connectivity index is 1.55. The fraction of sp³-hybridized carbons (Fsp3) is 0.333. The van der Waals surface area contributed by atoms with Gasteiger partial charge in [-0.05, 0) is 48.7 Å². The molecule has 0 unspecified atom stereocenters. The van der Waals surface area contributed by atoms with E-state index in [1.807, 2.05) is 83.9 Å². The summed E-state index contributed by atoms with van der Waals surface area (Å²) in [6, 6.07) is 25.3. The SMILES string of the molecule is O=C(NN1CCCC1)[C@@]1(Cc2ccccc2)N=C(c2ccc(OCCCO)cc2)O[C@H]1c1ccccc1Br. The molecule has 1 saturated heterocycles. The van der Waals surface area contributed by atoms with E-state index in [1.165, 1.54) is 0 Å². The zero-order valence-corrected chi connectivity index (χ0v) is 22.8. The standard InChI is InChI=1S/C30H32BrN3O4/c31-26-12-5-4-11-25(26)27-30(21-22-9-2-1-3-10-22,29(36)33-34-17-6-7-18-34)32-28(38-27)23-13-15-24(16-14-23)37-20-8-19-35/h1-5,9-16,27,35H,6-8,17-21H2,(H,33,36)/t27-,30-/m0/s1. The molecule has 0 aromatic heterocycles. The van der Waals surface area contributed by atoms with Gasteiger partial charge in [0.25, 0.3) is 5.91 Å². The fourth-order valence-corrected chi connectivity index (χ4v) is 5.42. The number of rotatable bonds is 10. The van der Waals surface area contributed by atoms with Crippen LogP contribution in [0.1, 0.15) is 42.1 Å². The first-order valence-corrected chi connectivity index (χ1v) is 13.8. The van der Waals surface area contributed by atoms with Crippen molar-refractivity contribution < 1.29 is 19.4 Å². The second-order valence-corrected chi connectivity index (χ2v) is 10.5. The molecule has 2 atom stereocenters. The quantitative estimate of drug-likeness (QED) is 0.337. The van der Waals surface area contributed by atoms with Crippen LogP contribution in [0.3, 0.4) is 0 Å². The lowest BCUT2D eigenvalue weighted by molar-refractivity contribution is -0.133. The molecular formula is C30H32BrN3O4. The average Bonchev–Trinajstić information content (AvgIpc) is 3.59. The molecule has 0 radical (unpaired) electrons. The van der Waals surface area contributed by atoms with Crippen molar-refractivity contribution in [3.05, 3.63) is 100 Å². The number of hydrogen-bond acceptors (Lipinski definition) is 6. The Morgan fingerprint density at radius 2 is 1.76 bits per heavy atom. The van der Waals surface area contributed by atoms with E-state index in [1.54, 1.807) is 0 Å². The molecule has 7 nitrogen and oxygen atoms in total. The lowest BCUT2D eigenvalue weighted by atomic mass is 9.82. The van der Waals surface area contributed by atoms with Crippen molar-refractivity contribution >= 4 is 27.7 Å². The van der Waals surface area contributed by atoms with E-state index in [9.17, 15) is 4.79 Å². The Hall–Kier alpha value is -3.20. The highest BCUT2D eigenvalue weighted by Gasteiger charge is 2.54. The highest BCUT2D eigenvalue weighted by molar-refractivity contribution is 9.10. The number of aliphatic hydroxyl groups excluding tert-OH is 1. The van der Waals surface area contributed by atoms with Crippen molar-refractivity contribution in [1.82, 2.24) is 10.4 Å². The summed E-state index contributed by atoms with van der Waals surface area (Å²) in [6.07, 6.45) is 2.41. The van der Waals surface area contributed by atoms with Gasteiger partial charge in [-0.2, -0.15) is 0 Å². The highest BCUT2D eigenvalue weighted by Crippen LogP contribution is 2.44. The van der Waals surface area contributed by atoms with Crippen molar-refractivity contribution in [2.75, 3.05) is 26.3 Å². The molecule has 1 fully saturated rings. The third kappa shape index (κ3) is 5.77. The number of amides is 1. The number of nitrogens with one attached hydrogen (secondary N) is 1. The lowest BCUT2D eigenvalue weighted by Gasteiger charge is -2.33. The number of benzene rings is 3. The second-order valence-electron chi connectivity index (χ2n) is 9.61. The van der Waals surface area contributed by atoms with Gasteiger partial charge in [0.1, 0.15) is 5.75 Å². The van der Waals surface area contributed by atoms with Crippen LogP contribution in [0, 0.1) is 0 Å². The molecule has 0 aliphatic carbocycles. The number of halogens is 1. The average molecular weight is 579 g/mol. The van der Waals surface area contributed by atoms with E-state index in [-0.39, 0.29) is 12.5 Å². The monoisotopic (exact) mass is 577 g/mol. The maximum absolute atomic E-state index is 14.2. The third-order valence-corrected chi connectivity index (χ3v) is 7.62. The predicted molar refractivity (Wildman–Crippen MR) is 150 cm³/mol. The van der Waals surface area contributed by atoms with Crippen LogP contribution in [0.4, 0.5) is 0 Å². The summed E-state index contributed by atoms with van der Waals surface area (Å²) in [4.78, 5) is 19.3. The van der Waals surface area contributed by atoms with Crippen LogP contribution in [-0.4, -0.2) is 53.8 Å². The molecule has 3 aromatic carbocycles. The molecule has 38 heavy (non-hydrogen) atoms. The van der Waals surface area contributed by atoms with Gasteiger partial charge < -0.3 is 14.6 Å². The van der Waals surface area contributed by atoms with Gasteiger partial charge in [-0.25, -0.2) is 10.0 Å². The number of ether oxygens (including phenoxy) is 2. The number of carbonyl (C=O) groups excluding carboxylic acids is 1. The van der Waals surface area contributed by atoms with Gasteiger partial charge in [0.2, 0.25) is 5.90 Å². The van der Waals surface area contributed by atoms with Crippen molar-refractivity contribution in [1.29, 1.82) is 0 Å². The highest BCUT2D eigenvalue weighted by atomic mass is 79.9. The van der Waals surface area contributed by atoms with E-state index in [0.717, 1.165) is 47.1 Å². The minimum absolute atomic E-state index is 0.0855. The van der Waals surface area contributed by atoms with Crippen LogP contribution >= 0.6 is 15.9 Å². The molecule has 3 aromatic rings. The number of aliphatic hydroxyl groups is 1. The van der Waals surface area contributed by atoms with Crippen LogP contribution in [-0.2, 0) is 16.0 Å². The van der Waals surface area contributed by atoms with Crippen molar-refractivity contribution in [3.63, 3.8) is 0 Å². The molecule has 1 amide bonds. The summed E-state index contributed by atoms with van der Waals surface area (Å²) >= 11 is 3.69. The predicted octanol–water partition coefficient (Wildman–Crippen LogP) is 4.84. The van der Waals surface area contributed by atoms with Gasteiger partial charge in [-0.3, -0.25) is 10.2 Å². The smallest absolute Gasteiger partial charge is 0.266 e. The summed E-state index contributed by atoms with van der Waals surface area (Å²) in [5, 5.41) is 11.0. The fourth-order valence-electron chi connectivity index (χ4n) is 4.92. The van der Waals surface area contributed by atoms with Gasteiger partial charge in [0, 0.05) is 48.1 Å². The number of hydrazine groups is 1. The minimum atomic E-state index is -1.22. The molecule has 0 saturated carbocycles. The largest absolute Gasteiger partial charge is 0.494 e. The van der Waals surface area contributed by atoms with Crippen LogP contribution in [0.5, 0.6) is 5.75 Å².